The summed E-state index contributed by atoms with van der Waals surface area (Å²) < 4.78 is 12.0. The van der Waals surface area contributed by atoms with Crippen molar-refractivity contribution in [2.24, 2.45) is 0 Å². The lowest BCUT2D eigenvalue weighted by molar-refractivity contribution is -0.122. The van der Waals surface area contributed by atoms with Crippen LogP contribution in [0.15, 0.2) is 70.1 Å². The quantitative estimate of drug-likeness (QED) is 0.752. The summed E-state index contributed by atoms with van der Waals surface area (Å²) in [7, 11) is 0. The lowest BCUT2D eigenvalue weighted by Crippen LogP contribution is -2.43. The van der Waals surface area contributed by atoms with Crippen molar-refractivity contribution < 1.29 is 13.9 Å². The number of amides is 1. The summed E-state index contributed by atoms with van der Waals surface area (Å²) in [6, 6.07) is 17.3. The maximum atomic E-state index is 13.0. The van der Waals surface area contributed by atoms with Gasteiger partial charge in [0, 0.05) is 13.0 Å². The van der Waals surface area contributed by atoms with Crippen molar-refractivity contribution >= 4 is 16.9 Å². The van der Waals surface area contributed by atoms with Crippen molar-refractivity contribution in [1.82, 2.24) is 5.32 Å². The molecule has 2 aromatic carbocycles. The minimum absolute atomic E-state index is 0.0455. The third-order valence-corrected chi connectivity index (χ3v) is 5.17. The molecule has 3 aromatic rings. The topological polar surface area (TPSA) is 68.5 Å². The number of fused-ring (bicyclic) bond motifs is 1. The molecule has 0 bridgehead atoms. The van der Waals surface area contributed by atoms with Crippen LogP contribution in [0.3, 0.4) is 0 Å². The molecule has 3 atom stereocenters. The Morgan fingerprint density at radius 3 is 2.61 bits per heavy atom. The van der Waals surface area contributed by atoms with Crippen LogP contribution >= 0.6 is 0 Å². The summed E-state index contributed by atoms with van der Waals surface area (Å²) >= 11 is 0. The second-order valence-electron chi connectivity index (χ2n) is 7.32. The summed E-state index contributed by atoms with van der Waals surface area (Å²) in [6.07, 6.45) is 2.99. The van der Waals surface area contributed by atoms with E-state index in [4.69, 9.17) is 9.15 Å². The minimum Gasteiger partial charge on any atom is -0.464 e. The lowest BCUT2D eigenvalue weighted by atomic mass is 9.91. The van der Waals surface area contributed by atoms with E-state index in [-0.39, 0.29) is 23.5 Å². The Kier molecular flexibility index (Phi) is 5.26. The van der Waals surface area contributed by atoms with Gasteiger partial charge in [-0.25, -0.2) is 0 Å². The zero-order chi connectivity index (χ0) is 19.5. The summed E-state index contributed by atoms with van der Waals surface area (Å²) in [5.74, 6) is -0.0744. The van der Waals surface area contributed by atoms with E-state index < -0.39 is 6.10 Å². The fourth-order valence-corrected chi connectivity index (χ4v) is 3.94. The average Bonchev–Trinajstić information content (AvgIpc) is 2.68. The number of para-hydroxylation sites is 1. The number of rotatable bonds is 4. The fraction of sp³-hybridized carbons (Fsp3) is 0.304. The van der Waals surface area contributed by atoms with Crippen molar-refractivity contribution in [3.8, 4) is 0 Å². The highest BCUT2D eigenvalue weighted by Gasteiger charge is 2.33. The molecule has 1 aliphatic heterocycles. The molecule has 4 rings (SSSR count). The Balaban J connectivity index is 1.64. The zero-order valence-electron chi connectivity index (χ0n) is 15.8. The van der Waals surface area contributed by atoms with Gasteiger partial charge in [-0.3, -0.25) is 9.59 Å². The number of carbonyl (C=O) groups is 1. The Morgan fingerprint density at radius 1 is 1.07 bits per heavy atom. The van der Waals surface area contributed by atoms with E-state index in [0.717, 1.165) is 6.42 Å². The molecule has 0 aliphatic carbocycles. The van der Waals surface area contributed by atoms with Crippen LogP contribution in [0.2, 0.25) is 0 Å². The molecule has 0 saturated carbocycles. The van der Waals surface area contributed by atoms with E-state index in [1.165, 1.54) is 18.8 Å². The van der Waals surface area contributed by atoms with Crippen LogP contribution in [0.25, 0.3) is 11.0 Å². The van der Waals surface area contributed by atoms with Crippen LogP contribution in [0, 0.1) is 0 Å². The van der Waals surface area contributed by atoms with Crippen molar-refractivity contribution in [2.45, 2.75) is 44.4 Å². The van der Waals surface area contributed by atoms with Gasteiger partial charge in [0.15, 0.2) is 5.43 Å². The predicted octanol–water partition coefficient (Wildman–Crippen LogP) is 3.76. The zero-order valence-corrected chi connectivity index (χ0v) is 15.8. The first-order chi connectivity index (χ1) is 13.6. The maximum absolute atomic E-state index is 13.0. The second kappa shape index (κ2) is 7.98. The van der Waals surface area contributed by atoms with Gasteiger partial charge in [-0.2, -0.15) is 0 Å². The number of hydrogen-bond acceptors (Lipinski definition) is 4. The summed E-state index contributed by atoms with van der Waals surface area (Å²) in [5.41, 5.74) is 2.16. The molecular weight excluding hydrogens is 354 g/mol. The Morgan fingerprint density at radius 2 is 1.82 bits per heavy atom. The van der Waals surface area contributed by atoms with E-state index in [9.17, 15) is 9.59 Å². The van der Waals surface area contributed by atoms with E-state index in [1.807, 2.05) is 30.3 Å². The third-order valence-electron chi connectivity index (χ3n) is 5.17. The standard InChI is InChI=1S/C23H23NO4/c1-15(25)24-17-12-18(11-16-7-3-2-4-8-16)28-22(13-17)20-14-27-21-10-6-5-9-19(21)23(20)26/h2-10,14,17-18,22H,11-13H2,1H3,(H,24,25)/t17-,18+,22+/m1/s1. The van der Waals surface area contributed by atoms with Gasteiger partial charge >= 0.3 is 0 Å². The summed E-state index contributed by atoms with van der Waals surface area (Å²) in [5, 5.41) is 3.55. The number of benzene rings is 2. The van der Waals surface area contributed by atoms with E-state index in [1.54, 1.807) is 12.1 Å². The van der Waals surface area contributed by atoms with Crippen LogP contribution in [-0.2, 0) is 16.0 Å². The normalized spacial score (nSPS) is 22.1. The number of hydrogen-bond donors (Lipinski definition) is 1. The third kappa shape index (κ3) is 3.99. The summed E-state index contributed by atoms with van der Waals surface area (Å²) in [6.45, 7) is 1.51. The predicted molar refractivity (Wildman–Crippen MR) is 107 cm³/mol. The molecule has 1 amide bonds. The van der Waals surface area contributed by atoms with Gasteiger partial charge < -0.3 is 14.5 Å². The first kappa shape index (κ1) is 18.4. The Hall–Kier alpha value is -2.92. The minimum atomic E-state index is -0.417. The number of carbonyl (C=O) groups excluding carboxylic acids is 1. The highest BCUT2D eigenvalue weighted by Crippen LogP contribution is 2.32. The Bertz CT molecular complexity index is 1030. The van der Waals surface area contributed by atoms with Crippen LogP contribution < -0.4 is 10.7 Å². The van der Waals surface area contributed by atoms with Gasteiger partial charge in [-0.1, -0.05) is 42.5 Å². The molecule has 1 saturated heterocycles. The molecule has 28 heavy (non-hydrogen) atoms. The molecule has 1 N–H and O–H groups in total. The van der Waals surface area contributed by atoms with E-state index in [0.29, 0.717) is 29.4 Å². The molecule has 0 spiro atoms. The maximum Gasteiger partial charge on any atom is 0.217 e. The Labute approximate surface area is 163 Å². The van der Waals surface area contributed by atoms with Gasteiger partial charge in [0.1, 0.15) is 11.8 Å². The van der Waals surface area contributed by atoms with Crippen molar-refractivity contribution in [3.05, 3.63) is 82.2 Å². The van der Waals surface area contributed by atoms with Gasteiger partial charge in [-0.15, -0.1) is 0 Å². The molecule has 0 unspecified atom stereocenters. The van der Waals surface area contributed by atoms with Gasteiger partial charge in [-0.05, 0) is 37.0 Å². The van der Waals surface area contributed by atoms with E-state index >= 15 is 0 Å². The highest BCUT2D eigenvalue weighted by atomic mass is 16.5. The molecule has 0 radical (unpaired) electrons. The highest BCUT2D eigenvalue weighted by molar-refractivity contribution is 5.76. The fourth-order valence-electron chi connectivity index (χ4n) is 3.94. The molecule has 1 aliphatic rings. The largest absolute Gasteiger partial charge is 0.464 e. The smallest absolute Gasteiger partial charge is 0.217 e. The molecule has 2 heterocycles. The van der Waals surface area contributed by atoms with Gasteiger partial charge in [0.2, 0.25) is 5.91 Å². The molecule has 1 aromatic heterocycles. The first-order valence-corrected chi connectivity index (χ1v) is 9.57. The van der Waals surface area contributed by atoms with Crippen LogP contribution in [0.1, 0.15) is 37.0 Å². The average molecular weight is 377 g/mol. The number of ether oxygens (including phenoxy) is 1. The SMILES string of the molecule is CC(=O)N[C@@H]1C[C@H](Cc2ccccc2)O[C@H](c2coc3ccccc3c2=O)C1. The molecule has 5 nitrogen and oxygen atoms in total. The van der Waals surface area contributed by atoms with Gasteiger partial charge in [0.05, 0.1) is 23.2 Å². The molecular formula is C23H23NO4. The van der Waals surface area contributed by atoms with Crippen LogP contribution in [0.5, 0.6) is 0 Å². The van der Waals surface area contributed by atoms with Crippen molar-refractivity contribution in [1.29, 1.82) is 0 Å². The number of nitrogens with one attached hydrogen (secondary N) is 1. The van der Waals surface area contributed by atoms with Crippen molar-refractivity contribution in [3.63, 3.8) is 0 Å². The van der Waals surface area contributed by atoms with Crippen LogP contribution in [-0.4, -0.2) is 18.1 Å². The lowest BCUT2D eigenvalue weighted by Gasteiger charge is -2.35. The van der Waals surface area contributed by atoms with Crippen LogP contribution in [0.4, 0.5) is 0 Å². The second-order valence-corrected chi connectivity index (χ2v) is 7.32. The monoisotopic (exact) mass is 377 g/mol. The summed E-state index contributed by atoms with van der Waals surface area (Å²) in [4.78, 5) is 24.6. The van der Waals surface area contributed by atoms with Crippen molar-refractivity contribution in [2.75, 3.05) is 0 Å². The molecule has 144 valence electrons. The first-order valence-electron chi connectivity index (χ1n) is 9.57. The molecule has 5 heteroatoms. The van der Waals surface area contributed by atoms with Gasteiger partial charge in [0.25, 0.3) is 0 Å². The molecule has 1 fully saturated rings. The van der Waals surface area contributed by atoms with E-state index in [2.05, 4.69) is 17.4 Å².